The molecular weight excluding hydrogens is 307 g/mol. The van der Waals surface area contributed by atoms with Gasteiger partial charge in [-0.05, 0) is 36.8 Å². The van der Waals surface area contributed by atoms with Crippen LogP contribution in [0.15, 0.2) is 36.9 Å². The van der Waals surface area contributed by atoms with Crippen molar-refractivity contribution in [2.45, 2.75) is 12.6 Å². The summed E-state index contributed by atoms with van der Waals surface area (Å²) in [7, 11) is 1.00. The fourth-order valence-corrected chi connectivity index (χ4v) is 2.14. The molecule has 1 atom stereocenters. The fraction of sp³-hybridized carbons (Fsp3) is 0.353. The van der Waals surface area contributed by atoms with Crippen molar-refractivity contribution in [2.75, 3.05) is 20.2 Å². The van der Waals surface area contributed by atoms with Crippen LogP contribution in [0.5, 0.6) is 0 Å². The minimum absolute atomic E-state index is 0.0520. The fourth-order valence-electron chi connectivity index (χ4n) is 2.14. The van der Waals surface area contributed by atoms with Gasteiger partial charge in [0.25, 0.3) is 0 Å². The van der Waals surface area contributed by atoms with E-state index < -0.39 is 11.7 Å². The maximum Gasteiger partial charge on any atom is 0.416 e. The molecule has 124 valence electrons. The van der Waals surface area contributed by atoms with Gasteiger partial charge in [-0.1, -0.05) is 18.4 Å². The normalized spacial score (nSPS) is 16.7. The predicted molar refractivity (Wildman–Crippen MR) is 81.3 cm³/mol. The van der Waals surface area contributed by atoms with Gasteiger partial charge in [0.1, 0.15) is 0 Å². The van der Waals surface area contributed by atoms with Gasteiger partial charge >= 0.3 is 6.18 Å². The molecule has 1 fully saturated rings. The van der Waals surface area contributed by atoms with Crippen molar-refractivity contribution < 1.29 is 23.1 Å². The van der Waals surface area contributed by atoms with Crippen LogP contribution in [0.2, 0.25) is 0 Å². The zero-order chi connectivity index (χ0) is 17.5. The summed E-state index contributed by atoms with van der Waals surface area (Å²) in [6.45, 7) is 4.61. The van der Waals surface area contributed by atoms with Gasteiger partial charge in [-0.3, -0.25) is 4.79 Å². The van der Waals surface area contributed by atoms with Gasteiger partial charge in [-0.15, -0.1) is 0 Å². The summed E-state index contributed by atoms with van der Waals surface area (Å²) in [6.07, 6.45) is -2.29. The highest BCUT2D eigenvalue weighted by atomic mass is 19.4. The van der Waals surface area contributed by atoms with Gasteiger partial charge in [0, 0.05) is 31.7 Å². The number of rotatable bonds is 1. The van der Waals surface area contributed by atoms with Crippen LogP contribution >= 0.6 is 0 Å². The van der Waals surface area contributed by atoms with Crippen molar-refractivity contribution in [2.24, 2.45) is 5.92 Å². The van der Waals surface area contributed by atoms with E-state index in [2.05, 4.69) is 18.4 Å². The second-order valence-electron chi connectivity index (χ2n) is 4.82. The van der Waals surface area contributed by atoms with Crippen LogP contribution in [0.25, 0.3) is 0 Å². The number of benzene rings is 1. The summed E-state index contributed by atoms with van der Waals surface area (Å²) in [5.74, 6) is 5.80. The molecule has 0 bridgehead atoms. The van der Waals surface area contributed by atoms with Crippen LogP contribution in [0.1, 0.15) is 17.5 Å². The first-order chi connectivity index (χ1) is 10.9. The second kappa shape index (κ2) is 8.39. The number of nitrogens with zero attached hydrogens (tertiary/aromatic N) is 1. The Morgan fingerprint density at radius 2 is 1.96 bits per heavy atom. The Bertz CT molecular complexity index is 597. The Morgan fingerprint density at radius 3 is 2.48 bits per heavy atom. The zero-order valence-corrected chi connectivity index (χ0v) is 12.7. The lowest BCUT2D eigenvalue weighted by Crippen LogP contribution is -2.26. The molecular formula is C17H18F3NO2. The summed E-state index contributed by atoms with van der Waals surface area (Å²) < 4.78 is 37.3. The van der Waals surface area contributed by atoms with Crippen molar-refractivity contribution >= 4 is 5.91 Å². The molecule has 0 spiro atoms. The van der Waals surface area contributed by atoms with Crippen LogP contribution < -0.4 is 0 Å². The predicted octanol–water partition coefficient (Wildman–Crippen LogP) is 2.70. The molecule has 0 radical (unpaired) electrons. The Morgan fingerprint density at radius 1 is 1.35 bits per heavy atom. The molecule has 1 heterocycles. The number of carbonyl (C=O) groups excluding carboxylic acids is 1. The molecule has 1 aromatic rings. The summed E-state index contributed by atoms with van der Waals surface area (Å²) >= 11 is 0. The lowest BCUT2D eigenvalue weighted by molar-refractivity contribution is -0.137. The van der Waals surface area contributed by atoms with E-state index in [4.69, 9.17) is 5.11 Å². The summed E-state index contributed by atoms with van der Waals surface area (Å²) in [4.78, 5) is 13.1. The molecule has 23 heavy (non-hydrogen) atoms. The summed E-state index contributed by atoms with van der Waals surface area (Å²) in [5.41, 5.74) is -0.145. The monoisotopic (exact) mass is 325 g/mol. The third kappa shape index (κ3) is 5.46. The first kappa shape index (κ1) is 18.8. The van der Waals surface area contributed by atoms with Crippen molar-refractivity contribution in [3.63, 3.8) is 0 Å². The van der Waals surface area contributed by atoms with Crippen molar-refractivity contribution in [3.8, 4) is 11.8 Å². The largest absolute Gasteiger partial charge is 0.416 e. The third-order valence-electron chi connectivity index (χ3n) is 3.31. The maximum atomic E-state index is 12.4. The SMILES string of the molecule is C=CC(=O)N1CCC(C#Cc2ccc(C(F)(F)F)cc2)C1.CO. The van der Waals surface area contributed by atoms with Gasteiger partial charge in [0.2, 0.25) is 5.91 Å². The van der Waals surface area contributed by atoms with E-state index in [9.17, 15) is 18.0 Å². The lowest BCUT2D eigenvalue weighted by atomic mass is 10.1. The van der Waals surface area contributed by atoms with Gasteiger partial charge in [-0.2, -0.15) is 13.2 Å². The number of likely N-dealkylation sites (tertiary alicyclic amines) is 1. The first-order valence-corrected chi connectivity index (χ1v) is 6.95. The standard InChI is InChI=1S/C16H14F3NO.CH4O/c1-2-15(21)20-10-9-13(11-20)4-3-12-5-7-14(8-6-12)16(17,18)19;1-2/h2,5-8,13H,1,9-11H2;2H,1H3. The highest BCUT2D eigenvalue weighted by molar-refractivity contribution is 5.87. The number of alkyl halides is 3. The van der Waals surface area contributed by atoms with Gasteiger partial charge in [-0.25, -0.2) is 0 Å². The Hall–Kier alpha value is -2.26. The van der Waals surface area contributed by atoms with Gasteiger partial charge in [0.05, 0.1) is 5.56 Å². The van der Waals surface area contributed by atoms with Crippen molar-refractivity contribution in [1.29, 1.82) is 0 Å². The lowest BCUT2D eigenvalue weighted by Gasteiger charge is -2.11. The van der Waals surface area contributed by atoms with E-state index in [1.807, 2.05) is 0 Å². The molecule has 1 aliphatic rings. The molecule has 1 unspecified atom stereocenters. The highest BCUT2D eigenvalue weighted by Gasteiger charge is 2.29. The van der Waals surface area contributed by atoms with Crippen LogP contribution in [0.4, 0.5) is 13.2 Å². The Balaban J connectivity index is 0.00000127. The number of aliphatic hydroxyl groups is 1. The number of halogens is 3. The first-order valence-electron chi connectivity index (χ1n) is 6.95. The molecule has 1 amide bonds. The minimum atomic E-state index is -4.33. The molecule has 1 aromatic carbocycles. The topological polar surface area (TPSA) is 40.5 Å². The van der Waals surface area contributed by atoms with Crippen LogP contribution in [0, 0.1) is 17.8 Å². The van der Waals surface area contributed by atoms with Crippen LogP contribution in [-0.4, -0.2) is 36.1 Å². The summed E-state index contributed by atoms with van der Waals surface area (Å²) in [6, 6.07) is 4.76. The highest BCUT2D eigenvalue weighted by Crippen LogP contribution is 2.29. The van der Waals surface area contributed by atoms with E-state index in [0.29, 0.717) is 18.7 Å². The van der Waals surface area contributed by atoms with Crippen LogP contribution in [0.3, 0.4) is 0 Å². The molecule has 6 heteroatoms. The number of carbonyl (C=O) groups is 1. The van der Waals surface area contributed by atoms with Gasteiger partial charge in [0.15, 0.2) is 0 Å². The van der Waals surface area contributed by atoms with E-state index in [0.717, 1.165) is 25.7 Å². The number of amides is 1. The molecule has 1 saturated heterocycles. The molecule has 1 N–H and O–H groups in total. The second-order valence-corrected chi connectivity index (χ2v) is 4.82. The molecule has 3 nitrogen and oxygen atoms in total. The quantitative estimate of drug-likeness (QED) is 0.637. The smallest absolute Gasteiger partial charge is 0.400 e. The van der Waals surface area contributed by atoms with E-state index in [1.165, 1.54) is 18.2 Å². The molecule has 1 aliphatic heterocycles. The number of hydrogen-bond acceptors (Lipinski definition) is 2. The Labute approximate surface area is 133 Å². The third-order valence-corrected chi connectivity index (χ3v) is 3.31. The summed E-state index contributed by atoms with van der Waals surface area (Å²) in [5, 5.41) is 7.00. The van der Waals surface area contributed by atoms with Crippen LogP contribution in [-0.2, 0) is 11.0 Å². The maximum absolute atomic E-state index is 12.4. The molecule has 0 aliphatic carbocycles. The zero-order valence-electron chi connectivity index (χ0n) is 12.7. The molecule has 0 saturated carbocycles. The van der Waals surface area contributed by atoms with Crippen molar-refractivity contribution in [1.82, 2.24) is 4.90 Å². The average molecular weight is 325 g/mol. The molecule has 2 rings (SSSR count). The number of aliphatic hydroxyl groups excluding tert-OH is 1. The Kier molecular flexibility index (Phi) is 6.86. The minimum Gasteiger partial charge on any atom is -0.400 e. The number of hydrogen-bond donors (Lipinski definition) is 1. The van der Waals surface area contributed by atoms with Gasteiger partial charge < -0.3 is 10.0 Å². The van der Waals surface area contributed by atoms with E-state index in [1.54, 1.807) is 4.90 Å². The van der Waals surface area contributed by atoms with Crippen molar-refractivity contribution in [3.05, 3.63) is 48.0 Å². The van der Waals surface area contributed by atoms with E-state index >= 15 is 0 Å². The molecule has 0 aromatic heterocycles. The van der Waals surface area contributed by atoms with E-state index in [-0.39, 0.29) is 11.8 Å². The average Bonchev–Trinajstić information content (AvgIpc) is 3.02.